The van der Waals surface area contributed by atoms with Crippen LogP contribution in [0.25, 0.3) is 0 Å². The molecule has 1 aromatic carbocycles. The summed E-state index contributed by atoms with van der Waals surface area (Å²) in [6, 6.07) is 7.64. The number of likely N-dealkylation sites (N-methyl/N-ethyl adjacent to an activating group) is 1. The van der Waals surface area contributed by atoms with Gasteiger partial charge in [0, 0.05) is 13.0 Å². The van der Waals surface area contributed by atoms with Gasteiger partial charge in [0.05, 0.1) is 13.2 Å². The molecule has 5 heteroatoms. The van der Waals surface area contributed by atoms with Crippen LogP contribution in [-0.2, 0) is 16.1 Å². The van der Waals surface area contributed by atoms with Crippen LogP contribution in [0.5, 0.6) is 5.75 Å². The molecule has 21 heavy (non-hydrogen) atoms. The summed E-state index contributed by atoms with van der Waals surface area (Å²) in [6.45, 7) is 2.81. The van der Waals surface area contributed by atoms with Gasteiger partial charge in [-0.1, -0.05) is 12.1 Å². The first-order chi connectivity index (χ1) is 9.97. The second-order valence-electron chi connectivity index (χ2n) is 5.22. The predicted octanol–water partition coefficient (Wildman–Crippen LogP) is 2.34. The van der Waals surface area contributed by atoms with Crippen LogP contribution in [0.1, 0.15) is 31.7 Å². The molecule has 0 bridgehead atoms. The normalized spacial score (nSPS) is 10.6. The van der Waals surface area contributed by atoms with Crippen molar-refractivity contribution >= 4 is 11.8 Å². The number of rotatable bonds is 10. The fourth-order valence-corrected chi connectivity index (χ4v) is 1.96. The first kappa shape index (κ1) is 17.2. The van der Waals surface area contributed by atoms with Crippen LogP contribution >= 0.6 is 0 Å². The minimum atomic E-state index is -0.831. The molecular weight excluding hydrogens is 270 g/mol. The van der Waals surface area contributed by atoms with Crippen LogP contribution in [-0.4, -0.2) is 42.0 Å². The van der Waals surface area contributed by atoms with E-state index in [1.807, 2.05) is 24.3 Å². The molecule has 0 atom stereocenters. The van der Waals surface area contributed by atoms with E-state index in [-0.39, 0.29) is 12.3 Å². The molecule has 1 aromatic rings. The number of carboxylic acids is 1. The van der Waals surface area contributed by atoms with Gasteiger partial charge >= 0.3 is 5.97 Å². The maximum Gasteiger partial charge on any atom is 0.317 e. The standard InChI is InChI=1S/C16H23NO4/c1-13(18)5-3-4-10-21-15-8-6-14(7-9-15)11-17(2)12-16(19)20/h6-9H,3-5,10-12H2,1-2H3,(H,19,20). The molecule has 0 aliphatic heterocycles. The third-order valence-electron chi connectivity index (χ3n) is 2.97. The lowest BCUT2D eigenvalue weighted by Crippen LogP contribution is -2.25. The van der Waals surface area contributed by atoms with E-state index in [1.54, 1.807) is 18.9 Å². The van der Waals surface area contributed by atoms with Crippen molar-refractivity contribution < 1.29 is 19.4 Å². The van der Waals surface area contributed by atoms with Crippen molar-refractivity contribution in [3.8, 4) is 5.75 Å². The van der Waals surface area contributed by atoms with Gasteiger partial charge in [-0.3, -0.25) is 9.69 Å². The molecule has 0 unspecified atom stereocenters. The predicted molar refractivity (Wildman–Crippen MR) is 80.4 cm³/mol. The van der Waals surface area contributed by atoms with E-state index in [2.05, 4.69) is 0 Å². The monoisotopic (exact) mass is 293 g/mol. The zero-order valence-corrected chi connectivity index (χ0v) is 12.7. The number of nitrogens with zero attached hydrogens (tertiary/aromatic N) is 1. The zero-order chi connectivity index (χ0) is 15.7. The highest BCUT2D eigenvalue weighted by atomic mass is 16.5. The van der Waals surface area contributed by atoms with E-state index < -0.39 is 5.97 Å². The molecule has 0 spiro atoms. The number of hydrogen-bond acceptors (Lipinski definition) is 4. The molecule has 1 rings (SSSR count). The van der Waals surface area contributed by atoms with Gasteiger partial charge in [0.15, 0.2) is 0 Å². The Labute approximate surface area is 125 Å². The average Bonchev–Trinajstić information content (AvgIpc) is 2.39. The second-order valence-corrected chi connectivity index (χ2v) is 5.22. The van der Waals surface area contributed by atoms with Crippen LogP contribution in [0.15, 0.2) is 24.3 Å². The van der Waals surface area contributed by atoms with Crippen molar-refractivity contribution in [2.75, 3.05) is 20.2 Å². The number of benzene rings is 1. The average molecular weight is 293 g/mol. The highest BCUT2D eigenvalue weighted by Gasteiger charge is 2.05. The molecular formula is C16H23NO4. The number of carboxylic acid groups (broad SMARTS) is 1. The highest BCUT2D eigenvalue weighted by Crippen LogP contribution is 2.14. The van der Waals surface area contributed by atoms with Crippen molar-refractivity contribution in [1.82, 2.24) is 4.90 Å². The largest absolute Gasteiger partial charge is 0.494 e. The number of carbonyl (C=O) groups is 2. The first-order valence-corrected chi connectivity index (χ1v) is 7.09. The van der Waals surface area contributed by atoms with Crippen molar-refractivity contribution in [2.24, 2.45) is 0 Å². The smallest absolute Gasteiger partial charge is 0.317 e. The topological polar surface area (TPSA) is 66.8 Å². The maximum absolute atomic E-state index is 10.8. The molecule has 0 saturated carbocycles. The van der Waals surface area contributed by atoms with E-state index >= 15 is 0 Å². The van der Waals surface area contributed by atoms with Gasteiger partial charge in [0.25, 0.3) is 0 Å². The SMILES string of the molecule is CC(=O)CCCCOc1ccc(CN(C)CC(=O)O)cc1. The Hall–Kier alpha value is -1.88. The van der Waals surface area contributed by atoms with E-state index in [1.165, 1.54) is 0 Å². The van der Waals surface area contributed by atoms with Crippen molar-refractivity contribution in [3.05, 3.63) is 29.8 Å². The van der Waals surface area contributed by atoms with Gasteiger partial charge in [-0.25, -0.2) is 0 Å². The van der Waals surface area contributed by atoms with E-state index in [9.17, 15) is 9.59 Å². The van der Waals surface area contributed by atoms with Gasteiger partial charge in [-0.2, -0.15) is 0 Å². The Morgan fingerprint density at radius 2 is 1.86 bits per heavy atom. The minimum Gasteiger partial charge on any atom is -0.494 e. The molecule has 0 fully saturated rings. The van der Waals surface area contributed by atoms with Gasteiger partial charge in [0.1, 0.15) is 11.5 Å². The lowest BCUT2D eigenvalue weighted by molar-refractivity contribution is -0.138. The number of ether oxygens (including phenoxy) is 1. The molecule has 116 valence electrons. The second kappa shape index (κ2) is 9.13. The Kier molecular flexibility index (Phi) is 7.46. The van der Waals surface area contributed by atoms with Gasteiger partial charge in [-0.15, -0.1) is 0 Å². The summed E-state index contributed by atoms with van der Waals surface area (Å²) >= 11 is 0. The molecule has 0 radical (unpaired) electrons. The van der Waals surface area contributed by atoms with E-state index in [0.29, 0.717) is 19.6 Å². The molecule has 0 amide bonds. The quantitative estimate of drug-likeness (QED) is 0.671. The summed E-state index contributed by atoms with van der Waals surface area (Å²) in [5.74, 6) is 0.176. The lowest BCUT2D eigenvalue weighted by atomic mass is 10.2. The molecule has 0 aliphatic carbocycles. The molecule has 1 N–H and O–H groups in total. The summed E-state index contributed by atoms with van der Waals surface area (Å²) < 4.78 is 5.59. The maximum atomic E-state index is 10.8. The highest BCUT2D eigenvalue weighted by molar-refractivity contribution is 5.75. The van der Waals surface area contributed by atoms with Gasteiger partial charge in [-0.05, 0) is 44.5 Å². The Morgan fingerprint density at radius 1 is 1.19 bits per heavy atom. The number of aliphatic carboxylic acids is 1. The van der Waals surface area contributed by atoms with Crippen molar-refractivity contribution in [1.29, 1.82) is 0 Å². The third-order valence-corrected chi connectivity index (χ3v) is 2.97. The molecule has 0 saturated heterocycles. The zero-order valence-electron chi connectivity index (χ0n) is 12.7. The minimum absolute atomic E-state index is 0.0222. The number of unbranched alkanes of at least 4 members (excludes halogenated alkanes) is 1. The third kappa shape index (κ3) is 8.09. The van der Waals surface area contributed by atoms with E-state index in [0.717, 1.165) is 24.2 Å². The Morgan fingerprint density at radius 3 is 2.43 bits per heavy atom. The Balaban J connectivity index is 2.30. The number of Topliss-reactive ketones (excluding diaryl/α,β-unsaturated/α-hetero) is 1. The van der Waals surface area contributed by atoms with Crippen molar-refractivity contribution in [2.45, 2.75) is 32.7 Å². The molecule has 0 aliphatic rings. The number of ketones is 1. The van der Waals surface area contributed by atoms with Crippen LogP contribution < -0.4 is 4.74 Å². The van der Waals surface area contributed by atoms with Gasteiger partial charge < -0.3 is 14.6 Å². The van der Waals surface area contributed by atoms with Crippen LogP contribution in [0.4, 0.5) is 0 Å². The molecule has 0 aromatic heterocycles. The Bertz CT molecular complexity index is 456. The van der Waals surface area contributed by atoms with Crippen molar-refractivity contribution in [3.63, 3.8) is 0 Å². The summed E-state index contributed by atoms with van der Waals surface area (Å²) in [6.07, 6.45) is 2.33. The van der Waals surface area contributed by atoms with Crippen LogP contribution in [0, 0.1) is 0 Å². The molecule has 0 heterocycles. The van der Waals surface area contributed by atoms with Crippen LogP contribution in [0.2, 0.25) is 0 Å². The number of hydrogen-bond donors (Lipinski definition) is 1. The summed E-state index contributed by atoms with van der Waals surface area (Å²) in [7, 11) is 1.77. The number of carbonyl (C=O) groups excluding carboxylic acids is 1. The van der Waals surface area contributed by atoms with Gasteiger partial charge in [0.2, 0.25) is 0 Å². The van der Waals surface area contributed by atoms with E-state index in [4.69, 9.17) is 9.84 Å². The summed E-state index contributed by atoms with van der Waals surface area (Å²) in [5.41, 5.74) is 1.04. The molecule has 5 nitrogen and oxygen atoms in total. The fraction of sp³-hybridized carbons (Fsp3) is 0.500. The first-order valence-electron chi connectivity index (χ1n) is 7.09. The van der Waals surface area contributed by atoms with Crippen LogP contribution in [0.3, 0.4) is 0 Å². The summed E-state index contributed by atoms with van der Waals surface area (Å²) in [5, 5.41) is 8.70. The fourth-order valence-electron chi connectivity index (χ4n) is 1.96. The summed E-state index contributed by atoms with van der Waals surface area (Å²) in [4.78, 5) is 23.1. The lowest BCUT2D eigenvalue weighted by Gasteiger charge is -2.14.